The van der Waals surface area contributed by atoms with E-state index in [-0.39, 0.29) is 0 Å². The third kappa shape index (κ3) is 3.10. The van der Waals surface area contributed by atoms with Gasteiger partial charge in [0.25, 0.3) is 0 Å². The Bertz CT molecular complexity index is 560. The second-order valence-corrected chi connectivity index (χ2v) is 6.45. The number of nitrogens with one attached hydrogen (secondary N) is 1. The third-order valence-electron chi connectivity index (χ3n) is 3.90. The molecule has 0 atom stereocenters. The van der Waals surface area contributed by atoms with E-state index < -0.39 is 0 Å². The van der Waals surface area contributed by atoms with E-state index in [0.29, 0.717) is 0 Å². The molecular weight excluding hydrogens is 268 g/mol. The fourth-order valence-corrected chi connectivity index (χ4v) is 3.67. The Labute approximate surface area is 124 Å². The van der Waals surface area contributed by atoms with Gasteiger partial charge in [-0.15, -0.1) is 11.3 Å². The number of rotatable bonds is 5. The van der Waals surface area contributed by atoms with Crippen LogP contribution in [-0.4, -0.2) is 41.0 Å². The lowest BCUT2D eigenvalue weighted by Gasteiger charge is -2.26. The molecule has 3 rings (SSSR count). The minimum atomic E-state index is 0.962. The largest absolute Gasteiger partial charge is 0.368 e. The Morgan fingerprint density at radius 2 is 2.10 bits per heavy atom. The molecule has 0 aromatic carbocycles. The molecule has 0 amide bonds. The summed E-state index contributed by atoms with van der Waals surface area (Å²) in [6.07, 6.45) is 6.82. The number of fused-ring (bicyclic) bond motifs is 1. The Morgan fingerprint density at radius 1 is 1.25 bits per heavy atom. The molecule has 1 aliphatic heterocycles. The molecule has 3 heterocycles. The van der Waals surface area contributed by atoms with Gasteiger partial charge in [-0.2, -0.15) is 0 Å². The number of aromatic nitrogens is 2. The number of hydrogen-bond donors (Lipinski definition) is 1. The first-order chi connectivity index (χ1) is 9.86. The fraction of sp³-hybridized carbons (Fsp3) is 0.600. The summed E-state index contributed by atoms with van der Waals surface area (Å²) >= 11 is 1.77. The van der Waals surface area contributed by atoms with Crippen LogP contribution in [0.25, 0.3) is 10.2 Å². The van der Waals surface area contributed by atoms with Gasteiger partial charge in [0, 0.05) is 18.0 Å². The van der Waals surface area contributed by atoms with E-state index in [1.54, 1.807) is 17.7 Å². The molecule has 1 saturated heterocycles. The molecule has 0 bridgehead atoms. The average Bonchev–Trinajstić information content (AvgIpc) is 2.92. The van der Waals surface area contributed by atoms with Gasteiger partial charge in [-0.3, -0.25) is 0 Å². The molecule has 0 spiro atoms. The molecular formula is C15H22N4S. The van der Waals surface area contributed by atoms with E-state index in [0.717, 1.165) is 30.2 Å². The number of thiophene rings is 1. The predicted molar refractivity (Wildman–Crippen MR) is 85.6 cm³/mol. The van der Waals surface area contributed by atoms with Crippen LogP contribution < -0.4 is 5.32 Å². The van der Waals surface area contributed by atoms with Crippen molar-refractivity contribution in [1.82, 2.24) is 14.9 Å². The molecule has 0 unspecified atom stereocenters. The Hall–Kier alpha value is -1.20. The molecule has 2 aromatic rings. The lowest BCUT2D eigenvalue weighted by molar-refractivity contribution is 0.237. The molecule has 1 aliphatic rings. The smallest absolute Gasteiger partial charge is 0.138 e. The molecule has 1 fully saturated rings. The van der Waals surface area contributed by atoms with Gasteiger partial charge in [-0.25, -0.2) is 9.97 Å². The Morgan fingerprint density at radius 3 is 2.90 bits per heavy atom. The monoisotopic (exact) mass is 290 g/mol. The van der Waals surface area contributed by atoms with E-state index in [1.807, 2.05) is 0 Å². The second-order valence-electron chi connectivity index (χ2n) is 5.34. The van der Waals surface area contributed by atoms with Gasteiger partial charge >= 0.3 is 0 Å². The fourth-order valence-electron chi connectivity index (χ4n) is 2.74. The van der Waals surface area contributed by atoms with Crippen LogP contribution in [-0.2, 0) is 6.42 Å². The van der Waals surface area contributed by atoms with Gasteiger partial charge in [0.15, 0.2) is 0 Å². The van der Waals surface area contributed by atoms with Crippen LogP contribution >= 0.6 is 11.3 Å². The minimum Gasteiger partial charge on any atom is -0.368 e. The van der Waals surface area contributed by atoms with Crippen molar-refractivity contribution in [3.05, 3.63) is 17.3 Å². The van der Waals surface area contributed by atoms with Crippen molar-refractivity contribution in [1.29, 1.82) is 0 Å². The zero-order chi connectivity index (χ0) is 13.8. The van der Waals surface area contributed by atoms with Gasteiger partial charge in [-0.1, -0.05) is 13.3 Å². The standard InChI is InChI=1S/C15H22N4S/c1-2-12-10-13-14(17-11-18-15(13)20-12)16-6-9-19-7-4-3-5-8-19/h10-11H,2-9H2,1H3,(H,16,17,18). The van der Waals surface area contributed by atoms with E-state index in [4.69, 9.17) is 0 Å². The van der Waals surface area contributed by atoms with Crippen molar-refractivity contribution in [2.45, 2.75) is 32.6 Å². The van der Waals surface area contributed by atoms with E-state index in [2.05, 4.69) is 33.2 Å². The van der Waals surface area contributed by atoms with Gasteiger partial charge in [0.1, 0.15) is 17.0 Å². The van der Waals surface area contributed by atoms with Crippen molar-refractivity contribution in [2.24, 2.45) is 0 Å². The first kappa shape index (κ1) is 13.8. The topological polar surface area (TPSA) is 41.0 Å². The van der Waals surface area contributed by atoms with Gasteiger partial charge in [-0.05, 0) is 38.4 Å². The maximum absolute atomic E-state index is 4.40. The van der Waals surface area contributed by atoms with Crippen LogP contribution in [0.5, 0.6) is 0 Å². The number of hydrogen-bond acceptors (Lipinski definition) is 5. The maximum Gasteiger partial charge on any atom is 0.138 e. The van der Waals surface area contributed by atoms with Crippen LogP contribution in [0.1, 0.15) is 31.1 Å². The highest BCUT2D eigenvalue weighted by Gasteiger charge is 2.11. The SMILES string of the molecule is CCc1cc2c(NCCN3CCCCC3)ncnc2s1. The molecule has 0 radical (unpaired) electrons. The normalized spacial score (nSPS) is 16.6. The van der Waals surface area contributed by atoms with Crippen LogP contribution in [0, 0.1) is 0 Å². The summed E-state index contributed by atoms with van der Waals surface area (Å²) in [6, 6.07) is 2.23. The second kappa shape index (κ2) is 6.50. The number of piperidine rings is 1. The van der Waals surface area contributed by atoms with Gasteiger partial charge in [0.05, 0.1) is 5.39 Å². The van der Waals surface area contributed by atoms with Gasteiger partial charge < -0.3 is 10.2 Å². The van der Waals surface area contributed by atoms with E-state index >= 15 is 0 Å². The number of anilines is 1. The highest BCUT2D eigenvalue weighted by Crippen LogP contribution is 2.28. The molecule has 1 N–H and O–H groups in total. The first-order valence-corrected chi connectivity index (χ1v) is 8.38. The van der Waals surface area contributed by atoms with Crippen molar-refractivity contribution >= 4 is 27.4 Å². The number of likely N-dealkylation sites (tertiary alicyclic amines) is 1. The zero-order valence-electron chi connectivity index (χ0n) is 12.1. The average molecular weight is 290 g/mol. The zero-order valence-corrected chi connectivity index (χ0v) is 12.9. The third-order valence-corrected chi connectivity index (χ3v) is 5.09. The first-order valence-electron chi connectivity index (χ1n) is 7.56. The number of aryl methyl sites for hydroxylation is 1. The summed E-state index contributed by atoms with van der Waals surface area (Å²) in [5.74, 6) is 0.989. The molecule has 2 aromatic heterocycles. The van der Waals surface area contributed by atoms with Gasteiger partial charge in [0.2, 0.25) is 0 Å². The lowest BCUT2D eigenvalue weighted by Crippen LogP contribution is -2.33. The molecule has 4 nitrogen and oxygen atoms in total. The lowest BCUT2D eigenvalue weighted by atomic mass is 10.1. The van der Waals surface area contributed by atoms with E-state index in [9.17, 15) is 0 Å². The summed E-state index contributed by atoms with van der Waals surface area (Å²) in [5, 5.41) is 4.66. The molecule has 5 heteroatoms. The summed E-state index contributed by atoms with van der Waals surface area (Å²) in [4.78, 5) is 13.8. The molecule has 20 heavy (non-hydrogen) atoms. The highest BCUT2D eigenvalue weighted by atomic mass is 32.1. The summed E-state index contributed by atoms with van der Waals surface area (Å²) in [5.41, 5.74) is 0. The number of nitrogens with zero attached hydrogens (tertiary/aromatic N) is 3. The van der Waals surface area contributed by atoms with Crippen molar-refractivity contribution in [3.8, 4) is 0 Å². The molecule has 0 saturated carbocycles. The molecule has 0 aliphatic carbocycles. The van der Waals surface area contributed by atoms with Crippen molar-refractivity contribution in [2.75, 3.05) is 31.5 Å². The summed E-state index contributed by atoms with van der Waals surface area (Å²) in [6.45, 7) is 6.75. The Balaban J connectivity index is 1.63. The predicted octanol–water partition coefficient (Wildman–Crippen LogP) is 3.15. The summed E-state index contributed by atoms with van der Waals surface area (Å²) in [7, 11) is 0. The quantitative estimate of drug-likeness (QED) is 0.918. The van der Waals surface area contributed by atoms with Crippen LogP contribution in [0.15, 0.2) is 12.4 Å². The maximum atomic E-state index is 4.40. The van der Waals surface area contributed by atoms with Crippen molar-refractivity contribution in [3.63, 3.8) is 0 Å². The molecule has 108 valence electrons. The van der Waals surface area contributed by atoms with Crippen LogP contribution in [0.3, 0.4) is 0 Å². The van der Waals surface area contributed by atoms with Crippen LogP contribution in [0.2, 0.25) is 0 Å². The summed E-state index contributed by atoms with van der Waals surface area (Å²) < 4.78 is 0. The van der Waals surface area contributed by atoms with Crippen LogP contribution in [0.4, 0.5) is 5.82 Å². The highest BCUT2D eigenvalue weighted by molar-refractivity contribution is 7.18. The van der Waals surface area contributed by atoms with Crippen molar-refractivity contribution < 1.29 is 0 Å². The Kier molecular flexibility index (Phi) is 4.47. The minimum absolute atomic E-state index is 0.962. The van der Waals surface area contributed by atoms with E-state index in [1.165, 1.54) is 42.6 Å².